The molecule has 9 heteroatoms. The number of piperazine rings is 1. The topological polar surface area (TPSA) is 34.4 Å². The Labute approximate surface area is 148 Å². The van der Waals surface area contributed by atoms with Crippen molar-refractivity contribution in [3.8, 4) is 0 Å². The molecule has 1 aromatic carbocycles. The number of guanidine groups is 1. The fourth-order valence-electron chi connectivity index (χ4n) is 2.93. The Morgan fingerprint density at radius 3 is 2.42 bits per heavy atom. The number of aliphatic imine (C=N–C) groups is 1. The molecule has 0 unspecified atom stereocenters. The van der Waals surface area contributed by atoms with Gasteiger partial charge in [0.15, 0.2) is 0 Å². The summed E-state index contributed by atoms with van der Waals surface area (Å²) in [5.41, 5.74) is -1.07. The van der Waals surface area contributed by atoms with Gasteiger partial charge in [-0.3, -0.25) is 0 Å². The monoisotopic (exact) mass is 369 g/mol. The minimum absolute atomic E-state index is 0.0131. The van der Waals surface area contributed by atoms with E-state index in [0.29, 0.717) is 25.1 Å². The van der Waals surface area contributed by atoms with E-state index >= 15 is 0 Å². The summed E-state index contributed by atoms with van der Waals surface area (Å²) in [7, 11) is 1.99. The Kier molecular flexibility index (Phi) is 4.74. The number of nitrogens with zero attached hydrogens (tertiary/aromatic N) is 5. The van der Waals surface area contributed by atoms with E-state index in [2.05, 4.69) is 21.6 Å². The van der Waals surface area contributed by atoms with Crippen molar-refractivity contribution in [3.63, 3.8) is 0 Å². The van der Waals surface area contributed by atoms with Gasteiger partial charge in [0.25, 0.3) is 0 Å². The molecule has 0 saturated carbocycles. The average molecular weight is 369 g/mol. The summed E-state index contributed by atoms with van der Waals surface area (Å²) < 4.78 is 53.5. The second-order valence-corrected chi connectivity index (χ2v) is 6.19. The van der Waals surface area contributed by atoms with E-state index in [1.54, 1.807) is 6.92 Å². The summed E-state index contributed by atoms with van der Waals surface area (Å²) in [6.45, 7) is 8.39. The van der Waals surface area contributed by atoms with Crippen LogP contribution in [0, 0.1) is 5.82 Å². The van der Waals surface area contributed by atoms with Crippen LogP contribution in [0.2, 0.25) is 0 Å². The molecule has 0 atom stereocenters. The van der Waals surface area contributed by atoms with Crippen molar-refractivity contribution in [1.29, 1.82) is 0 Å². The molecule has 0 aliphatic carbocycles. The zero-order valence-electron chi connectivity index (χ0n) is 14.5. The maximum absolute atomic E-state index is 14.4. The molecule has 1 aromatic rings. The zero-order valence-corrected chi connectivity index (χ0v) is 14.5. The highest BCUT2D eigenvalue weighted by molar-refractivity contribution is 5.97. The first-order valence-electron chi connectivity index (χ1n) is 8.13. The van der Waals surface area contributed by atoms with Crippen molar-refractivity contribution in [2.75, 3.05) is 33.2 Å². The third kappa shape index (κ3) is 3.31. The van der Waals surface area contributed by atoms with Crippen LogP contribution in [0.4, 0.5) is 23.2 Å². The number of alkyl halides is 3. The molecule has 2 aliphatic rings. The van der Waals surface area contributed by atoms with Crippen molar-refractivity contribution in [1.82, 2.24) is 14.8 Å². The smallest absolute Gasteiger partial charge is 0.338 e. The molecule has 3 rings (SSSR count). The highest BCUT2D eigenvalue weighted by atomic mass is 19.4. The molecule has 5 nitrogen and oxygen atoms in total. The largest absolute Gasteiger partial charge is 0.416 e. The highest BCUT2D eigenvalue weighted by Crippen LogP contribution is 2.40. The van der Waals surface area contributed by atoms with Crippen LogP contribution in [0.5, 0.6) is 0 Å². The molecule has 26 heavy (non-hydrogen) atoms. The molecule has 0 aromatic heterocycles. The SMILES string of the molecule is C=C1c2cc(C(F)(F)F)cc(F)c2N=C(N2CCN(C)CC2)N1/N=C\C. The van der Waals surface area contributed by atoms with Gasteiger partial charge in [-0.2, -0.15) is 18.3 Å². The van der Waals surface area contributed by atoms with Crippen LogP contribution in [-0.2, 0) is 6.18 Å². The lowest BCUT2D eigenvalue weighted by molar-refractivity contribution is -0.137. The van der Waals surface area contributed by atoms with Crippen molar-refractivity contribution < 1.29 is 17.6 Å². The van der Waals surface area contributed by atoms with Crippen LogP contribution in [0.1, 0.15) is 18.1 Å². The quantitative estimate of drug-likeness (QED) is 0.562. The molecule has 0 N–H and O–H groups in total. The summed E-state index contributed by atoms with van der Waals surface area (Å²) in [6, 6.07) is 1.33. The Hall–Kier alpha value is -2.42. The normalized spacial score (nSPS) is 19.2. The van der Waals surface area contributed by atoms with Crippen molar-refractivity contribution in [2.24, 2.45) is 10.1 Å². The lowest BCUT2D eigenvalue weighted by Gasteiger charge is -2.39. The number of halogens is 4. The minimum atomic E-state index is -4.66. The molecule has 1 fully saturated rings. The molecule has 0 bridgehead atoms. The van der Waals surface area contributed by atoms with Gasteiger partial charge in [0.05, 0.1) is 11.3 Å². The fraction of sp³-hybridized carbons (Fsp3) is 0.412. The Morgan fingerprint density at radius 1 is 1.19 bits per heavy atom. The Morgan fingerprint density at radius 2 is 1.85 bits per heavy atom. The average Bonchev–Trinajstić information content (AvgIpc) is 2.57. The minimum Gasteiger partial charge on any atom is -0.338 e. The van der Waals surface area contributed by atoms with Crippen molar-refractivity contribution in [3.05, 3.63) is 35.7 Å². The molecule has 140 valence electrons. The summed E-state index contributed by atoms with van der Waals surface area (Å²) in [5.74, 6) is -0.657. The third-order valence-corrected chi connectivity index (χ3v) is 4.38. The molecule has 2 heterocycles. The van der Waals surface area contributed by atoms with E-state index in [1.807, 2.05) is 11.9 Å². The van der Waals surface area contributed by atoms with Crippen LogP contribution in [0.3, 0.4) is 0 Å². The van der Waals surface area contributed by atoms with Gasteiger partial charge in [0.1, 0.15) is 11.5 Å². The number of hydrogen-bond donors (Lipinski definition) is 0. The van der Waals surface area contributed by atoms with E-state index in [0.717, 1.165) is 19.2 Å². The second kappa shape index (κ2) is 6.71. The molecule has 0 spiro atoms. The summed E-state index contributed by atoms with van der Waals surface area (Å²) in [4.78, 5) is 8.37. The highest BCUT2D eigenvalue weighted by Gasteiger charge is 2.36. The number of benzene rings is 1. The molecular weight excluding hydrogens is 350 g/mol. The van der Waals surface area contributed by atoms with Gasteiger partial charge in [-0.25, -0.2) is 14.4 Å². The van der Waals surface area contributed by atoms with E-state index in [9.17, 15) is 17.6 Å². The summed E-state index contributed by atoms with van der Waals surface area (Å²) in [5, 5.41) is 5.55. The first kappa shape index (κ1) is 18.4. The second-order valence-electron chi connectivity index (χ2n) is 6.19. The number of hydrogen-bond acceptors (Lipinski definition) is 5. The van der Waals surface area contributed by atoms with E-state index in [1.165, 1.54) is 11.2 Å². The van der Waals surface area contributed by atoms with Crippen LogP contribution < -0.4 is 0 Å². The molecule has 2 aliphatic heterocycles. The standard InChI is InChI=1S/C17H19F4N5/c1-4-22-26-11(2)13-9-12(17(19,20)21)10-14(18)15(13)23-16(26)25-7-5-24(3)6-8-25/h4,9-10H,2,5-8H2,1,3H3/b22-4-. The Bertz CT molecular complexity index is 776. The van der Waals surface area contributed by atoms with Crippen molar-refractivity contribution in [2.45, 2.75) is 13.1 Å². The molecule has 0 amide bonds. The third-order valence-electron chi connectivity index (χ3n) is 4.38. The van der Waals surface area contributed by atoms with Gasteiger partial charge >= 0.3 is 6.18 Å². The zero-order chi connectivity index (χ0) is 19.1. The number of rotatable bonds is 1. The first-order chi connectivity index (χ1) is 12.2. The van der Waals surface area contributed by atoms with Crippen LogP contribution >= 0.6 is 0 Å². The predicted octanol–water partition coefficient (Wildman–Crippen LogP) is 3.37. The van der Waals surface area contributed by atoms with Gasteiger partial charge in [-0.1, -0.05) is 6.58 Å². The molecule has 1 saturated heterocycles. The van der Waals surface area contributed by atoms with E-state index in [4.69, 9.17) is 0 Å². The van der Waals surface area contributed by atoms with Gasteiger partial charge in [-0.15, -0.1) is 0 Å². The lowest BCUT2D eigenvalue weighted by atomic mass is 10.0. The molecule has 0 radical (unpaired) electrons. The number of likely N-dealkylation sites (N-methyl/N-ethyl adjacent to an activating group) is 1. The van der Waals surface area contributed by atoms with E-state index < -0.39 is 17.6 Å². The fourth-order valence-corrected chi connectivity index (χ4v) is 2.93. The number of hydrazone groups is 1. The van der Waals surface area contributed by atoms with Gasteiger partial charge in [0.2, 0.25) is 5.96 Å². The lowest BCUT2D eigenvalue weighted by Crippen LogP contribution is -2.51. The molecular formula is C17H19F4N5. The van der Waals surface area contributed by atoms with Gasteiger partial charge < -0.3 is 9.80 Å². The first-order valence-corrected chi connectivity index (χ1v) is 8.13. The maximum atomic E-state index is 14.4. The van der Waals surface area contributed by atoms with Crippen LogP contribution in [0.25, 0.3) is 5.70 Å². The van der Waals surface area contributed by atoms with E-state index in [-0.39, 0.29) is 16.9 Å². The predicted molar refractivity (Wildman–Crippen MR) is 92.6 cm³/mol. The van der Waals surface area contributed by atoms with Gasteiger partial charge in [0, 0.05) is 38.0 Å². The summed E-state index contributed by atoms with van der Waals surface area (Å²) in [6.07, 6.45) is -3.16. The van der Waals surface area contributed by atoms with Gasteiger partial charge in [-0.05, 0) is 26.1 Å². The maximum Gasteiger partial charge on any atom is 0.416 e. The number of fused-ring (bicyclic) bond motifs is 1. The summed E-state index contributed by atoms with van der Waals surface area (Å²) >= 11 is 0. The van der Waals surface area contributed by atoms with Crippen LogP contribution in [0.15, 0.2) is 28.8 Å². The van der Waals surface area contributed by atoms with Crippen molar-refractivity contribution >= 4 is 23.6 Å². The Balaban J connectivity index is 2.10. The van der Waals surface area contributed by atoms with Crippen LogP contribution in [-0.4, -0.2) is 60.2 Å².